The number of hydrogen-bond acceptors (Lipinski definition) is 6. The number of carbonyl (C=O) groups is 1. The van der Waals surface area contributed by atoms with Crippen molar-refractivity contribution in [1.82, 2.24) is 24.7 Å². The van der Waals surface area contributed by atoms with Crippen molar-refractivity contribution in [1.29, 1.82) is 0 Å². The monoisotopic (exact) mass is 376 g/mol. The van der Waals surface area contributed by atoms with Crippen molar-refractivity contribution in [3.8, 4) is 11.3 Å². The van der Waals surface area contributed by atoms with Gasteiger partial charge in [0.1, 0.15) is 0 Å². The third-order valence-corrected chi connectivity index (χ3v) is 5.22. The van der Waals surface area contributed by atoms with E-state index in [1.54, 1.807) is 23.5 Å². The lowest BCUT2D eigenvalue weighted by molar-refractivity contribution is 0.254. The van der Waals surface area contributed by atoms with Gasteiger partial charge < -0.3 is 4.90 Å². The molecule has 28 heavy (non-hydrogen) atoms. The molecular formula is C19H20N8O. The standard InChI is InChI=1S/C19H20N8O/c1-2-26-11-13(9-22-26)15-3-4-16-18(23-15)27(14-5-8-25(16)12-14)19(28)24-17-10-20-6-7-21-17/h3-4,6-7,9-11,14H,2,5,8,12H2,1H3,(H,21,24,28). The number of rotatable bonds is 3. The average Bonchev–Trinajstić information content (AvgIpc) is 3.37. The molecule has 2 amide bonds. The van der Waals surface area contributed by atoms with E-state index in [9.17, 15) is 4.79 Å². The summed E-state index contributed by atoms with van der Waals surface area (Å²) in [6, 6.07) is 3.89. The quantitative estimate of drug-likeness (QED) is 0.755. The van der Waals surface area contributed by atoms with Gasteiger partial charge in [0.15, 0.2) is 11.6 Å². The van der Waals surface area contributed by atoms with Gasteiger partial charge in [-0.2, -0.15) is 5.10 Å². The zero-order chi connectivity index (χ0) is 19.1. The molecule has 0 aliphatic carbocycles. The van der Waals surface area contributed by atoms with E-state index in [0.29, 0.717) is 11.6 Å². The van der Waals surface area contributed by atoms with Crippen LogP contribution in [0.5, 0.6) is 0 Å². The fraction of sp³-hybridized carbons (Fsp3) is 0.316. The fourth-order valence-corrected chi connectivity index (χ4v) is 3.83. The van der Waals surface area contributed by atoms with Crippen LogP contribution in [0.25, 0.3) is 11.3 Å². The van der Waals surface area contributed by atoms with Gasteiger partial charge in [0.05, 0.1) is 29.8 Å². The fourth-order valence-electron chi connectivity index (χ4n) is 3.83. The average molecular weight is 376 g/mol. The summed E-state index contributed by atoms with van der Waals surface area (Å²) < 4.78 is 1.86. The molecule has 0 radical (unpaired) electrons. The summed E-state index contributed by atoms with van der Waals surface area (Å²) in [7, 11) is 0. The van der Waals surface area contributed by atoms with Crippen LogP contribution in [0.3, 0.4) is 0 Å². The molecule has 1 N–H and O–H groups in total. The van der Waals surface area contributed by atoms with E-state index in [-0.39, 0.29) is 12.1 Å². The summed E-state index contributed by atoms with van der Waals surface area (Å²) in [5.41, 5.74) is 2.72. The van der Waals surface area contributed by atoms with Gasteiger partial charge in [0.25, 0.3) is 0 Å². The second-order valence-electron chi connectivity index (χ2n) is 6.90. The highest BCUT2D eigenvalue weighted by atomic mass is 16.2. The number of pyridine rings is 1. The maximum absolute atomic E-state index is 13.1. The van der Waals surface area contributed by atoms with Crippen LogP contribution in [0.1, 0.15) is 13.3 Å². The van der Waals surface area contributed by atoms with Gasteiger partial charge in [-0.1, -0.05) is 0 Å². The molecule has 9 nitrogen and oxygen atoms in total. The van der Waals surface area contributed by atoms with Crippen LogP contribution >= 0.6 is 0 Å². The first-order valence-electron chi connectivity index (χ1n) is 9.38. The molecule has 3 aromatic heterocycles. The number of anilines is 3. The number of urea groups is 1. The Morgan fingerprint density at radius 3 is 3.00 bits per heavy atom. The van der Waals surface area contributed by atoms with Crippen molar-refractivity contribution in [3.05, 3.63) is 43.1 Å². The Hall–Kier alpha value is -3.49. The van der Waals surface area contributed by atoms with Gasteiger partial charge in [-0.15, -0.1) is 0 Å². The first kappa shape index (κ1) is 16.7. The molecule has 3 aromatic rings. The minimum Gasteiger partial charge on any atom is -0.366 e. The molecule has 0 aromatic carbocycles. The number of aryl methyl sites for hydroxylation is 1. The minimum absolute atomic E-state index is 0.0882. The van der Waals surface area contributed by atoms with Crippen LogP contribution in [-0.4, -0.2) is 49.9 Å². The minimum atomic E-state index is -0.234. The summed E-state index contributed by atoms with van der Waals surface area (Å²) in [6.07, 6.45) is 9.35. The van der Waals surface area contributed by atoms with E-state index in [2.05, 4.69) is 25.3 Å². The SMILES string of the molecule is CCn1cc(-c2ccc3c(n2)N(C(=O)Nc2cnccn2)C2CCN3C2)cn1. The number of amides is 2. The number of carbonyl (C=O) groups excluding carboxylic acids is 1. The van der Waals surface area contributed by atoms with Crippen molar-refractivity contribution < 1.29 is 4.79 Å². The second kappa shape index (κ2) is 6.59. The maximum atomic E-state index is 13.1. The Balaban J connectivity index is 1.52. The van der Waals surface area contributed by atoms with E-state index in [4.69, 9.17) is 4.98 Å². The van der Waals surface area contributed by atoms with Crippen LogP contribution in [-0.2, 0) is 6.54 Å². The summed E-state index contributed by atoms with van der Waals surface area (Å²) in [4.78, 5) is 30.1. The lowest BCUT2D eigenvalue weighted by Gasteiger charge is -2.35. The van der Waals surface area contributed by atoms with Crippen LogP contribution in [0, 0.1) is 0 Å². The highest BCUT2D eigenvalue weighted by molar-refractivity contribution is 6.04. The molecule has 5 rings (SSSR count). The van der Waals surface area contributed by atoms with Crippen LogP contribution < -0.4 is 15.1 Å². The van der Waals surface area contributed by atoms with Gasteiger partial charge in [0, 0.05) is 43.8 Å². The second-order valence-corrected chi connectivity index (χ2v) is 6.90. The van der Waals surface area contributed by atoms with Crippen LogP contribution in [0.15, 0.2) is 43.1 Å². The highest BCUT2D eigenvalue weighted by Crippen LogP contribution is 2.40. The smallest absolute Gasteiger partial charge is 0.329 e. The summed E-state index contributed by atoms with van der Waals surface area (Å²) in [5, 5.41) is 7.18. The summed E-state index contributed by atoms with van der Waals surface area (Å²) in [6.45, 7) is 4.57. The normalized spacial score (nSPS) is 17.5. The van der Waals surface area contributed by atoms with E-state index in [1.807, 2.05) is 29.9 Å². The predicted octanol–water partition coefficient (Wildman–Crippen LogP) is 2.39. The molecule has 1 unspecified atom stereocenters. The Kier molecular flexibility index (Phi) is 3.92. The van der Waals surface area contributed by atoms with Crippen molar-refractivity contribution in [3.63, 3.8) is 0 Å². The lowest BCUT2D eigenvalue weighted by Crippen LogP contribution is -2.48. The number of hydrogen-bond donors (Lipinski definition) is 1. The van der Waals surface area contributed by atoms with Crippen molar-refractivity contribution >= 4 is 23.4 Å². The number of nitrogens with zero attached hydrogens (tertiary/aromatic N) is 7. The molecule has 1 saturated heterocycles. The molecule has 0 spiro atoms. The zero-order valence-corrected chi connectivity index (χ0v) is 15.5. The number of aromatic nitrogens is 5. The van der Waals surface area contributed by atoms with Crippen molar-refractivity contribution in [2.24, 2.45) is 0 Å². The Bertz CT molecular complexity index is 1020. The largest absolute Gasteiger partial charge is 0.366 e. The van der Waals surface area contributed by atoms with Crippen molar-refractivity contribution in [2.75, 3.05) is 28.2 Å². The molecule has 0 saturated carbocycles. The molecule has 2 aliphatic rings. The molecule has 2 aliphatic heterocycles. The van der Waals surface area contributed by atoms with E-state index < -0.39 is 0 Å². The Morgan fingerprint density at radius 2 is 2.21 bits per heavy atom. The van der Waals surface area contributed by atoms with Gasteiger partial charge in [0.2, 0.25) is 0 Å². The van der Waals surface area contributed by atoms with E-state index >= 15 is 0 Å². The molecule has 2 bridgehead atoms. The Labute approximate surface area is 162 Å². The molecular weight excluding hydrogens is 356 g/mol. The predicted molar refractivity (Wildman–Crippen MR) is 105 cm³/mol. The van der Waals surface area contributed by atoms with Gasteiger partial charge in [-0.25, -0.2) is 14.8 Å². The first-order valence-corrected chi connectivity index (χ1v) is 9.38. The van der Waals surface area contributed by atoms with Gasteiger partial charge in [-0.05, 0) is 25.5 Å². The lowest BCUT2D eigenvalue weighted by atomic mass is 10.1. The summed E-state index contributed by atoms with van der Waals surface area (Å²) in [5.74, 6) is 1.10. The molecule has 142 valence electrons. The van der Waals surface area contributed by atoms with Crippen LogP contribution in [0.2, 0.25) is 0 Å². The molecule has 1 fully saturated rings. The highest BCUT2D eigenvalue weighted by Gasteiger charge is 2.40. The molecule has 5 heterocycles. The third kappa shape index (κ3) is 2.75. The summed E-state index contributed by atoms with van der Waals surface area (Å²) >= 11 is 0. The molecule has 9 heteroatoms. The topological polar surface area (TPSA) is 92.1 Å². The third-order valence-electron chi connectivity index (χ3n) is 5.22. The molecule has 1 atom stereocenters. The van der Waals surface area contributed by atoms with E-state index in [0.717, 1.165) is 43.0 Å². The zero-order valence-electron chi connectivity index (χ0n) is 15.5. The van der Waals surface area contributed by atoms with E-state index in [1.165, 1.54) is 6.20 Å². The first-order chi connectivity index (χ1) is 13.7. The van der Waals surface area contributed by atoms with Crippen molar-refractivity contribution in [2.45, 2.75) is 25.9 Å². The maximum Gasteiger partial charge on any atom is 0.329 e. The van der Waals surface area contributed by atoms with Crippen LogP contribution in [0.4, 0.5) is 22.1 Å². The Morgan fingerprint density at radius 1 is 1.29 bits per heavy atom. The van der Waals surface area contributed by atoms with Gasteiger partial charge in [-0.3, -0.25) is 19.9 Å². The number of fused-ring (bicyclic) bond motifs is 4. The number of nitrogens with one attached hydrogen (secondary N) is 1. The van der Waals surface area contributed by atoms with Gasteiger partial charge >= 0.3 is 6.03 Å².